The van der Waals surface area contributed by atoms with E-state index in [1.807, 2.05) is 6.07 Å². The summed E-state index contributed by atoms with van der Waals surface area (Å²) in [5.41, 5.74) is -0.387. The van der Waals surface area contributed by atoms with Crippen LogP contribution in [0.15, 0.2) is 48.5 Å². The van der Waals surface area contributed by atoms with Crippen molar-refractivity contribution in [3.8, 4) is 5.75 Å². The largest absolute Gasteiger partial charge is 0.495 e. The molecule has 7 heteroatoms. The molecule has 2 aromatic carbocycles. The van der Waals surface area contributed by atoms with Crippen LogP contribution < -0.4 is 15.4 Å². The standard InChI is InChI=1S/C18H19ClN2O4/c1-18(24,12-6-4-3-5-7-12)11-20-16(22)17(23)21-14-10-13(19)8-9-15(14)25-2/h3-10,24H,11H2,1-2H3,(H,20,22)(H,21,23)/t18-/m1/s1. The van der Waals surface area contributed by atoms with Crippen LogP contribution in [0.3, 0.4) is 0 Å². The normalized spacial score (nSPS) is 12.8. The number of nitrogens with one attached hydrogen (secondary N) is 2. The first-order valence-corrected chi connectivity index (χ1v) is 7.92. The van der Waals surface area contributed by atoms with Gasteiger partial charge in [0.25, 0.3) is 0 Å². The van der Waals surface area contributed by atoms with Gasteiger partial charge in [-0.2, -0.15) is 0 Å². The molecule has 0 fully saturated rings. The van der Waals surface area contributed by atoms with Crippen LogP contribution in [0.25, 0.3) is 0 Å². The summed E-state index contributed by atoms with van der Waals surface area (Å²) in [4.78, 5) is 24.0. The molecule has 0 aliphatic heterocycles. The molecule has 6 nitrogen and oxygen atoms in total. The van der Waals surface area contributed by atoms with Crippen molar-refractivity contribution in [2.24, 2.45) is 0 Å². The second-order valence-electron chi connectivity index (χ2n) is 5.62. The summed E-state index contributed by atoms with van der Waals surface area (Å²) in [7, 11) is 1.44. The fourth-order valence-electron chi connectivity index (χ4n) is 2.19. The van der Waals surface area contributed by atoms with Crippen LogP contribution in [0.2, 0.25) is 5.02 Å². The van der Waals surface area contributed by atoms with Crippen LogP contribution in [-0.2, 0) is 15.2 Å². The van der Waals surface area contributed by atoms with Gasteiger partial charge in [-0.3, -0.25) is 9.59 Å². The summed E-state index contributed by atoms with van der Waals surface area (Å²) in [5.74, 6) is -1.38. The van der Waals surface area contributed by atoms with Crippen LogP contribution in [0.4, 0.5) is 5.69 Å². The van der Waals surface area contributed by atoms with Crippen molar-refractivity contribution in [1.82, 2.24) is 5.32 Å². The van der Waals surface area contributed by atoms with E-state index in [-0.39, 0.29) is 12.2 Å². The molecule has 0 aromatic heterocycles. The summed E-state index contributed by atoms with van der Waals surface area (Å²) in [6, 6.07) is 13.5. The Morgan fingerprint density at radius 3 is 2.48 bits per heavy atom. The van der Waals surface area contributed by atoms with Crippen LogP contribution in [0, 0.1) is 0 Å². The third-order valence-corrected chi connectivity index (χ3v) is 3.84. The minimum Gasteiger partial charge on any atom is -0.495 e. The molecule has 0 aliphatic carbocycles. The Morgan fingerprint density at radius 2 is 1.84 bits per heavy atom. The van der Waals surface area contributed by atoms with Crippen molar-refractivity contribution in [2.45, 2.75) is 12.5 Å². The average Bonchev–Trinajstić information content (AvgIpc) is 2.60. The number of rotatable bonds is 5. The number of halogens is 1. The van der Waals surface area contributed by atoms with Crippen LogP contribution >= 0.6 is 11.6 Å². The molecule has 0 spiro atoms. The topological polar surface area (TPSA) is 87.7 Å². The molecule has 1 atom stereocenters. The van der Waals surface area contributed by atoms with Gasteiger partial charge in [0.1, 0.15) is 11.4 Å². The van der Waals surface area contributed by atoms with Gasteiger partial charge in [0, 0.05) is 5.02 Å². The Balaban J connectivity index is 1.99. The van der Waals surface area contributed by atoms with Crippen molar-refractivity contribution in [2.75, 3.05) is 19.0 Å². The highest BCUT2D eigenvalue weighted by Crippen LogP contribution is 2.27. The van der Waals surface area contributed by atoms with Crippen LogP contribution in [0.1, 0.15) is 12.5 Å². The first kappa shape index (κ1) is 18.8. The number of aliphatic hydroxyl groups is 1. The zero-order valence-electron chi connectivity index (χ0n) is 13.9. The first-order valence-electron chi connectivity index (χ1n) is 7.54. The van der Waals surface area contributed by atoms with E-state index in [2.05, 4.69) is 10.6 Å². The first-order chi connectivity index (χ1) is 11.8. The highest BCUT2D eigenvalue weighted by molar-refractivity contribution is 6.40. The zero-order chi connectivity index (χ0) is 18.4. The smallest absolute Gasteiger partial charge is 0.313 e. The molecule has 3 N–H and O–H groups in total. The van der Waals surface area contributed by atoms with Gasteiger partial charge in [0.05, 0.1) is 19.3 Å². The predicted molar refractivity (Wildman–Crippen MR) is 95.7 cm³/mol. The second-order valence-corrected chi connectivity index (χ2v) is 6.06. The molecule has 0 unspecified atom stereocenters. The number of benzene rings is 2. The second kappa shape index (κ2) is 8.00. The SMILES string of the molecule is COc1ccc(Cl)cc1NC(=O)C(=O)NC[C@@](C)(O)c1ccccc1. The van der Waals surface area contributed by atoms with E-state index >= 15 is 0 Å². The molecular weight excluding hydrogens is 344 g/mol. The maximum absolute atomic E-state index is 12.0. The summed E-state index contributed by atoms with van der Waals surface area (Å²) >= 11 is 5.89. The van der Waals surface area contributed by atoms with Crippen LogP contribution in [0.5, 0.6) is 5.75 Å². The molecule has 2 rings (SSSR count). The van der Waals surface area contributed by atoms with E-state index in [1.54, 1.807) is 43.3 Å². The number of carbonyl (C=O) groups is 2. The van der Waals surface area contributed by atoms with Gasteiger partial charge in [0.2, 0.25) is 0 Å². The number of hydrogen-bond donors (Lipinski definition) is 3. The fourth-order valence-corrected chi connectivity index (χ4v) is 2.36. The van der Waals surface area contributed by atoms with Gasteiger partial charge in [-0.05, 0) is 30.7 Å². The van der Waals surface area contributed by atoms with E-state index in [9.17, 15) is 14.7 Å². The number of carbonyl (C=O) groups excluding carboxylic acids is 2. The van der Waals surface area contributed by atoms with Gasteiger partial charge in [-0.15, -0.1) is 0 Å². The van der Waals surface area contributed by atoms with Crippen molar-refractivity contribution in [1.29, 1.82) is 0 Å². The van der Waals surface area contributed by atoms with E-state index in [0.717, 1.165) is 0 Å². The lowest BCUT2D eigenvalue weighted by molar-refractivity contribution is -0.136. The van der Waals surface area contributed by atoms with Gasteiger partial charge >= 0.3 is 11.8 Å². The monoisotopic (exact) mass is 362 g/mol. The Morgan fingerprint density at radius 1 is 1.16 bits per heavy atom. The van der Waals surface area contributed by atoms with Gasteiger partial charge < -0.3 is 20.5 Å². The molecular formula is C18H19ClN2O4. The van der Waals surface area contributed by atoms with Crippen LogP contribution in [-0.4, -0.2) is 30.6 Å². The summed E-state index contributed by atoms with van der Waals surface area (Å²) < 4.78 is 5.11. The van der Waals surface area contributed by atoms with Gasteiger partial charge in [-0.25, -0.2) is 0 Å². The minimum absolute atomic E-state index is 0.115. The number of hydrogen-bond acceptors (Lipinski definition) is 4. The lowest BCUT2D eigenvalue weighted by atomic mass is 9.96. The number of amides is 2. The molecule has 0 saturated heterocycles. The lowest BCUT2D eigenvalue weighted by Gasteiger charge is -2.24. The van der Waals surface area contributed by atoms with E-state index in [0.29, 0.717) is 16.3 Å². The Kier molecular flexibility index (Phi) is 6.01. The summed E-state index contributed by atoms with van der Waals surface area (Å²) in [6.45, 7) is 1.44. The summed E-state index contributed by atoms with van der Waals surface area (Å²) in [6.07, 6.45) is 0. The Bertz CT molecular complexity index is 763. The highest BCUT2D eigenvalue weighted by Gasteiger charge is 2.25. The van der Waals surface area contributed by atoms with Crippen molar-refractivity contribution < 1.29 is 19.4 Å². The number of anilines is 1. The van der Waals surface area contributed by atoms with E-state index < -0.39 is 17.4 Å². The van der Waals surface area contributed by atoms with Gasteiger partial charge in [-0.1, -0.05) is 41.9 Å². The van der Waals surface area contributed by atoms with E-state index in [4.69, 9.17) is 16.3 Å². The third kappa shape index (κ3) is 4.95. The third-order valence-electron chi connectivity index (χ3n) is 3.60. The van der Waals surface area contributed by atoms with Crippen molar-refractivity contribution >= 4 is 29.1 Å². The molecule has 0 saturated carbocycles. The fraction of sp³-hybridized carbons (Fsp3) is 0.222. The average molecular weight is 363 g/mol. The Hall–Kier alpha value is -2.57. The predicted octanol–water partition coefficient (Wildman–Crippen LogP) is 2.31. The maximum atomic E-state index is 12.0. The molecule has 0 aliphatic rings. The van der Waals surface area contributed by atoms with Crippen molar-refractivity contribution in [3.63, 3.8) is 0 Å². The van der Waals surface area contributed by atoms with E-state index in [1.165, 1.54) is 13.2 Å². The molecule has 25 heavy (non-hydrogen) atoms. The minimum atomic E-state index is -1.30. The maximum Gasteiger partial charge on any atom is 0.313 e. The molecule has 0 bridgehead atoms. The molecule has 2 amide bonds. The Labute approximate surface area is 150 Å². The lowest BCUT2D eigenvalue weighted by Crippen LogP contribution is -2.43. The molecule has 2 aromatic rings. The highest BCUT2D eigenvalue weighted by atomic mass is 35.5. The zero-order valence-corrected chi connectivity index (χ0v) is 14.6. The molecule has 132 valence electrons. The number of ether oxygens (including phenoxy) is 1. The molecule has 0 heterocycles. The van der Waals surface area contributed by atoms with Crippen molar-refractivity contribution in [3.05, 3.63) is 59.1 Å². The summed E-state index contributed by atoms with van der Waals surface area (Å²) in [5, 5.41) is 15.7. The number of methoxy groups -OCH3 is 1. The molecule has 0 radical (unpaired) electrons. The van der Waals surface area contributed by atoms with Gasteiger partial charge in [0.15, 0.2) is 0 Å². The quantitative estimate of drug-likeness (QED) is 0.712.